The molecule has 0 spiro atoms. The number of anilines is 1. The topological polar surface area (TPSA) is 162 Å². The van der Waals surface area contributed by atoms with Crippen molar-refractivity contribution in [2.75, 3.05) is 5.01 Å². The number of halogens is 7. The van der Waals surface area contributed by atoms with E-state index in [1.807, 2.05) is 19.3 Å². The van der Waals surface area contributed by atoms with Gasteiger partial charge in [-0.3, -0.25) is 9.55 Å². The smallest absolute Gasteiger partial charge is 0.434 e. The second-order valence-electron chi connectivity index (χ2n) is 13.1. The lowest BCUT2D eigenvalue weighted by atomic mass is 10.2. The average molecular weight is 821 g/mol. The molecule has 0 aliphatic heterocycles. The number of aromatic amines is 1. The zero-order valence-corrected chi connectivity index (χ0v) is 32.4. The van der Waals surface area contributed by atoms with Crippen LogP contribution in [0.5, 0.6) is 0 Å². The summed E-state index contributed by atoms with van der Waals surface area (Å²) in [7, 11) is 0. The van der Waals surface area contributed by atoms with Crippen molar-refractivity contribution < 1.29 is 36.6 Å². The summed E-state index contributed by atoms with van der Waals surface area (Å²) < 4.78 is 65.0. The molecule has 0 fully saturated rings. The van der Waals surface area contributed by atoms with Gasteiger partial charge in [-0.2, -0.15) is 23.3 Å². The predicted octanol–water partition coefficient (Wildman–Crippen LogP) is 8.74. The van der Waals surface area contributed by atoms with Gasteiger partial charge in [0.1, 0.15) is 28.1 Å². The Bertz CT molecular complexity index is 2150. The van der Waals surface area contributed by atoms with E-state index in [4.69, 9.17) is 44.3 Å². The van der Waals surface area contributed by atoms with Crippen LogP contribution < -0.4 is 16.1 Å². The third-order valence-electron chi connectivity index (χ3n) is 6.50. The Morgan fingerprint density at radius 2 is 1.56 bits per heavy atom. The second kappa shape index (κ2) is 17.9. The monoisotopic (exact) mass is 819 g/mol. The number of H-pyrrole nitrogens is 1. The summed E-state index contributed by atoms with van der Waals surface area (Å²) in [6.45, 7) is 13.5. The molecule has 5 rings (SSSR count). The van der Waals surface area contributed by atoms with Crippen LogP contribution in [0.2, 0.25) is 15.1 Å². The van der Waals surface area contributed by atoms with Crippen molar-refractivity contribution in [2.24, 2.45) is 0 Å². The number of fused-ring (bicyclic) bond motifs is 1. The van der Waals surface area contributed by atoms with Crippen molar-refractivity contribution in [3.8, 4) is 5.69 Å². The molecule has 54 heavy (non-hydrogen) atoms. The Hall–Kier alpha value is -4.94. The molecule has 0 aliphatic carbocycles. The first kappa shape index (κ1) is 43.5. The molecule has 0 saturated heterocycles. The number of amides is 2. The summed E-state index contributed by atoms with van der Waals surface area (Å²) in [4.78, 5) is 49.5. The van der Waals surface area contributed by atoms with Gasteiger partial charge in [0.2, 0.25) is 11.8 Å². The molecule has 2 N–H and O–H groups in total. The number of nitrogens with one attached hydrogen (secondary N) is 2. The molecule has 5 heterocycles. The summed E-state index contributed by atoms with van der Waals surface area (Å²) in [5.74, 6) is -5.18. The maximum Gasteiger partial charge on any atom is 0.434 e. The molecule has 0 unspecified atom stereocenters. The van der Waals surface area contributed by atoms with Crippen molar-refractivity contribution in [3.63, 3.8) is 0 Å². The molecule has 0 aliphatic rings. The van der Waals surface area contributed by atoms with E-state index >= 15 is 0 Å². The van der Waals surface area contributed by atoms with Gasteiger partial charge in [0.05, 0.1) is 27.5 Å². The number of carbonyl (C=O) groups is 2. The maximum atomic E-state index is 14.1. The van der Waals surface area contributed by atoms with E-state index in [0.29, 0.717) is 26.9 Å². The SMILES string of the molecule is CC(C)(C)OC(=O)NN(C(=O)OC(C)(C)C)c1c(Cl)cnc(F)c1F.CC[C@@H](C)n1c(=O)[nH]c2ncc(Cl)c(-n3cccn3)c21.Fc1cc(Cl)cnc1F. The summed E-state index contributed by atoms with van der Waals surface area (Å²) >= 11 is 17.3. The molecule has 0 radical (unpaired) electrons. The normalized spacial score (nSPS) is 11.8. The average Bonchev–Trinajstić information content (AvgIpc) is 3.71. The van der Waals surface area contributed by atoms with Crippen molar-refractivity contribution in [1.29, 1.82) is 0 Å². The fourth-order valence-corrected chi connectivity index (χ4v) is 4.79. The number of ether oxygens (including phenoxy) is 2. The summed E-state index contributed by atoms with van der Waals surface area (Å²) in [5.41, 5.74) is 1.06. The number of nitrogens with zero attached hydrogens (tertiary/aromatic N) is 7. The van der Waals surface area contributed by atoms with Crippen LogP contribution in [0.4, 0.5) is 32.8 Å². The first-order valence-corrected chi connectivity index (χ1v) is 17.0. The molecule has 292 valence electrons. The van der Waals surface area contributed by atoms with E-state index in [0.717, 1.165) is 24.9 Å². The minimum absolute atomic E-state index is 0.0471. The van der Waals surface area contributed by atoms with E-state index in [-0.39, 0.29) is 16.8 Å². The van der Waals surface area contributed by atoms with Gasteiger partial charge in [-0.05, 0) is 67.0 Å². The number of aromatic nitrogens is 7. The molecule has 5 aromatic rings. The van der Waals surface area contributed by atoms with Crippen LogP contribution in [0.15, 0.2) is 47.9 Å². The minimum atomic E-state index is -1.53. The highest BCUT2D eigenvalue weighted by Gasteiger charge is 2.32. The standard InChI is InChI=1S/C15H20ClF2N3O4.C13H14ClN5O.C5H2ClF2N/c1-14(2,3)24-12(22)20-21(13(23)25-15(4,5)6)10-8(16)7-19-11(18)9(10)17;1-3-8(2)19-11-10(18-6-4-5-16-18)9(14)7-15-12(11)17-13(19)20;6-3-1-4(7)5(8)9-2-3/h7H,1-6H3,(H,20,22);4-8H,3H2,1-2H3,(H,15,17,20);1-2H/t;8-;/m.1./s1. The first-order chi connectivity index (χ1) is 25.0. The van der Waals surface area contributed by atoms with Gasteiger partial charge >= 0.3 is 17.9 Å². The van der Waals surface area contributed by atoms with Crippen LogP contribution in [0.1, 0.15) is 67.9 Å². The Balaban J connectivity index is 0.000000239. The minimum Gasteiger partial charge on any atom is -0.443 e. The lowest BCUT2D eigenvalue weighted by Crippen LogP contribution is -2.50. The fraction of sp³-hybridized carbons (Fsp3) is 0.364. The predicted molar refractivity (Wildman–Crippen MR) is 194 cm³/mol. The number of hydrazine groups is 1. The number of carbonyl (C=O) groups excluding carboxylic acids is 2. The van der Waals surface area contributed by atoms with Crippen LogP contribution in [0.25, 0.3) is 16.9 Å². The lowest BCUT2D eigenvalue weighted by Gasteiger charge is -2.29. The second-order valence-corrected chi connectivity index (χ2v) is 14.3. The van der Waals surface area contributed by atoms with Gasteiger partial charge in [0.25, 0.3) is 5.95 Å². The Morgan fingerprint density at radius 3 is 2.09 bits per heavy atom. The van der Waals surface area contributed by atoms with Gasteiger partial charge < -0.3 is 9.47 Å². The van der Waals surface area contributed by atoms with E-state index < -0.39 is 57.6 Å². The molecule has 21 heteroatoms. The summed E-state index contributed by atoms with van der Waals surface area (Å²) in [6.07, 6.45) is 5.37. The molecule has 5 aromatic heterocycles. The van der Waals surface area contributed by atoms with Gasteiger partial charge in [-0.15, -0.1) is 0 Å². The Morgan fingerprint density at radius 1 is 0.944 bits per heavy atom. The highest BCUT2D eigenvalue weighted by molar-refractivity contribution is 6.34. The van der Waals surface area contributed by atoms with Gasteiger partial charge in [0, 0.05) is 24.6 Å². The number of imidazole rings is 1. The summed E-state index contributed by atoms with van der Waals surface area (Å²) in [6, 6.07) is 2.72. The first-order valence-electron chi connectivity index (χ1n) is 15.8. The molecule has 0 aromatic carbocycles. The van der Waals surface area contributed by atoms with Crippen LogP contribution in [-0.2, 0) is 9.47 Å². The fourth-order valence-electron chi connectivity index (χ4n) is 4.20. The van der Waals surface area contributed by atoms with Crippen molar-refractivity contribution in [2.45, 2.75) is 79.1 Å². The third kappa shape index (κ3) is 11.5. The number of rotatable bonds is 4. The van der Waals surface area contributed by atoms with Crippen LogP contribution >= 0.6 is 34.8 Å². The maximum absolute atomic E-state index is 14.1. The highest BCUT2D eigenvalue weighted by Crippen LogP contribution is 2.30. The highest BCUT2D eigenvalue weighted by atomic mass is 35.5. The number of hydrogen-bond acceptors (Lipinski definition) is 9. The van der Waals surface area contributed by atoms with Crippen LogP contribution in [0, 0.1) is 23.5 Å². The van der Waals surface area contributed by atoms with Crippen LogP contribution in [-0.4, -0.2) is 57.7 Å². The lowest BCUT2D eigenvalue weighted by molar-refractivity contribution is 0.0424. The zero-order valence-electron chi connectivity index (χ0n) is 30.1. The van der Waals surface area contributed by atoms with Gasteiger partial charge in [-0.1, -0.05) is 41.7 Å². The molecule has 1 atom stereocenters. The molecule has 0 bridgehead atoms. The molecular weight excluding hydrogens is 785 g/mol. The molecular formula is C33H36Cl3F4N9O5. The summed E-state index contributed by atoms with van der Waals surface area (Å²) in [5, 5.41) is 4.67. The van der Waals surface area contributed by atoms with Crippen LogP contribution in [0.3, 0.4) is 0 Å². The molecule has 14 nitrogen and oxygen atoms in total. The van der Waals surface area contributed by atoms with E-state index in [2.05, 4.69) is 25.0 Å². The van der Waals surface area contributed by atoms with E-state index in [1.165, 1.54) is 6.20 Å². The largest absolute Gasteiger partial charge is 0.443 e. The number of hydrogen-bond donors (Lipinski definition) is 2. The Labute approximate surface area is 321 Å². The van der Waals surface area contributed by atoms with Crippen molar-refractivity contribution in [1.82, 2.24) is 39.7 Å². The van der Waals surface area contributed by atoms with E-state index in [9.17, 15) is 31.9 Å². The van der Waals surface area contributed by atoms with Crippen molar-refractivity contribution >= 4 is 63.8 Å². The van der Waals surface area contributed by atoms with Gasteiger partial charge in [-0.25, -0.2) is 43.8 Å². The molecule has 0 saturated carbocycles. The Kier molecular flexibility index (Phi) is 14.4. The quantitative estimate of drug-likeness (QED) is 0.103. The third-order valence-corrected chi connectivity index (χ3v) is 7.26. The number of pyridine rings is 3. The molecule has 2 amide bonds. The van der Waals surface area contributed by atoms with Crippen molar-refractivity contribution in [3.05, 3.63) is 92.2 Å². The van der Waals surface area contributed by atoms with Gasteiger partial charge in [0.15, 0.2) is 11.5 Å². The zero-order chi connectivity index (χ0) is 40.7. The van der Waals surface area contributed by atoms with E-state index in [1.54, 1.807) is 69.3 Å².